The summed E-state index contributed by atoms with van der Waals surface area (Å²) in [6, 6.07) is 12.9. The molecular weight excluding hydrogens is 360 g/mol. The summed E-state index contributed by atoms with van der Waals surface area (Å²) in [5.74, 6) is 1.46. The van der Waals surface area contributed by atoms with Gasteiger partial charge in [0.15, 0.2) is 11.5 Å². The number of nitrogens with zero attached hydrogens (tertiary/aromatic N) is 1. The van der Waals surface area contributed by atoms with Gasteiger partial charge in [-0.1, -0.05) is 12.1 Å². The minimum atomic E-state index is -0.383. The van der Waals surface area contributed by atoms with Crippen LogP contribution in [-0.4, -0.2) is 38.7 Å². The molecule has 0 spiro atoms. The van der Waals surface area contributed by atoms with Crippen LogP contribution in [0.25, 0.3) is 0 Å². The van der Waals surface area contributed by atoms with Gasteiger partial charge in [-0.05, 0) is 29.8 Å². The molecule has 0 radical (unpaired) electrons. The van der Waals surface area contributed by atoms with E-state index >= 15 is 0 Å². The van der Waals surface area contributed by atoms with Crippen molar-refractivity contribution < 1.29 is 23.8 Å². The van der Waals surface area contributed by atoms with Crippen molar-refractivity contribution in [2.24, 2.45) is 5.92 Å². The lowest BCUT2D eigenvalue weighted by Crippen LogP contribution is -2.32. The summed E-state index contributed by atoms with van der Waals surface area (Å²) in [7, 11) is 1.61. The van der Waals surface area contributed by atoms with Crippen molar-refractivity contribution in [3.05, 3.63) is 48.0 Å². The van der Waals surface area contributed by atoms with Gasteiger partial charge in [-0.25, -0.2) is 0 Å². The van der Waals surface area contributed by atoms with Crippen LogP contribution in [0.4, 0.5) is 5.69 Å². The number of hydrogen-bond acceptors (Lipinski definition) is 5. The number of carbonyl (C=O) groups excluding carboxylic acids is 2. The second kappa shape index (κ2) is 7.80. The molecule has 1 atom stereocenters. The fourth-order valence-electron chi connectivity index (χ4n) is 3.45. The summed E-state index contributed by atoms with van der Waals surface area (Å²) in [5, 5.41) is 2.92. The monoisotopic (exact) mass is 382 g/mol. The van der Waals surface area contributed by atoms with Crippen molar-refractivity contribution in [1.29, 1.82) is 0 Å². The molecule has 2 aromatic carbocycles. The van der Waals surface area contributed by atoms with Gasteiger partial charge < -0.3 is 24.4 Å². The minimum absolute atomic E-state index is 0.0711. The Morgan fingerprint density at radius 2 is 2.00 bits per heavy atom. The third kappa shape index (κ3) is 3.74. The standard InChI is InChI=1S/C21H22N2O5/c1-26-17-4-2-3-14(9-17)12-22-21(25)15-10-20(24)23(13-15)16-5-6-18-19(11-16)28-8-7-27-18/h2-6,9,11,15H,7-8,10,12-13H2,1H3,(H,22,25)/t15-/m1/s1. The number of amides is 2. The highest BCUT2D eigenvalue weighted by molar-refractivity contribution is 6.00. The molecule has 0 bridgehead atoms. The SMILES string of the molecule is COc1cccc(CNC(=O)[C@@H]2CC(=O)N(c3ccc4c(c3)OCCO4)C2)c1. The Labute approximate surface area is 163 Å². The molecule has 2 amide bonds. The molecule has 7 heteroatoms. The van der Waals surface area contributed by atoms with E-state index in [9.17, 15) is 9.59 Å². The summed E-state index contributed by atoms with van der Waals surface area (Å²) < 4.78 is 16.3. The van der Waals surface area contributed by atoms with E-state index in [1.54, 1.807) is 24.1 Å². The first kappa shape index (κ1) is 18.2. The zero-order chi connectivity index (χ0) is 19.5. The molecule has 146 valence electrons. The number of anilines is 1. The van der Waals surface area contributed by atoms with Crippen LogP contribution in [0.3, 0.4) is 0 Å². The Kier molecular flexibility index (Phi) is 5.06. The van der Waals surface area contributed by atoms with E-state index < -0.39 is 0 Å². The molecule has 2 heterocycles. The first-order valence-electron chi connectivity index (χ1n) is 9.24. The van der Waals surface area contributed by atoms with Crippen LogP contribution in [0.5, 0.6) is 17.2 Å². The lowest BCUT2D eigenvalue weighted by molar-refractivity contribution is -0.126. The predicted molar refractivity (Wildman–Crippen MR) is 103 cm³/mol. The number of nitrogens with one attached hydrogen (secondary N) is 1. The minimum Gasteiger partial charge on any atom is -0.497 e. The normalized spacial score (nSPS) is 18.1. The number of methoxy groups -OCH3 is 1. The van der Waals surface area contributed by atoms with Crippen molar-refractivity contribution in [3.63, 3.8) is 0 Å². The Bertz CT molecular complexity index is 898. The fourth-order valence-corrected chi connectivity index (χ4v) is 3.45. The third-order valence-electron chi connectivity index (χ3n) is 4.93. The number of benzene rings is 2. The Hall–Kier alpha value is -3.22. The first-order valence-corrected chi connectivity index (χ1v) is 9.24. The summed E-state index contributed by atoms with van der Waals surface area (Å²) in [5.41, 5.74) is 1.66. The molecule has 28 heavy (non-hydrogen) atoms. The summed E-state index contributed by atoms with van der Waals surface area (Å²) in [4.78, 5) is 26.7. The molecule has 7 nitrogen and oxygen atoms in total. The fraction of sp³-hybridized carbons (Fsp3) is 0.333. The smallest absolute Gasteiger partial charge is 0.227 e. The first-order chi connectivity index (χ1) is 13.6. The highest BCUT2D eigenvalue weighted by atomic mass is 16.6. The second-order valence-electron chi connectivity index (χ2n) is 6.80. The molecule has 0 aromatic heterocycles. The van der Waals surface area contributed by atoms with Crippen LogP contribution in [0.2, 0.25) is 0 Å². The van der Waals surface area contributed by atoms with Crippen LogP contribution in [0.1, 0.15) is 12.0 Å². The van der Waals surface area contributed by atoms with Gasteiger partial charge >= 0.3 is 0 Å². The van der Waals surface area contributed by atoms with Crippen molar-refractivity contribution in [1.82, 2.24) is 5.32 Å². The van der Waals surface area contributed by atoms with E-state index in [0.717, 1.165) is 17.0 Å². The second-order valence-corrected chi connectivity index (χ2v) is 6.80. The quantitative estimate of drug-likeness (QED) is 0.857. The van der Waals surface area contributed by atoms with Gasteiger partial charge in [0.1, 0.15) is 19.0 Å². The number of carbonyl (C=O) groups is 2. The topological polar surface area (TPSA) is 77.1 Å². The largest absolute Gasteiger partial charge is 0.497 e. The number of ether oxygens (including phenoxy) is 3. The van der Waals surface area contributed by atoms with Crippen LogP contribution in [-0.2, 0) is 16.1 Å². The van der Waals surface area contributed by atoms with E-state index in [-0.39, 0.29) is 24.2 Å². The summed E-state index contributed by atoms with van der Waals surface area (Å²) in [6.07, 6.45) is 0.193. The van der Waals surface area contributed by atoms with Crippen LogP contribution in [0.15, 0.2) is 42.5 Å². The molecule has 4 rings (SSSR count). The van der Waals surface area contributed by atoms with E-state index in [0.29, 0.717) is 37.8 Å². The number of rotatable bonds is 5. The van der Waals surface area contributed by atoms with Crippen molar-refractivity contribution in [2.75, 3.05) is 31.8 Å². The summed E-state index contributed by atoms with van der Waals surface area (Å²) in [6.45, 7) is 1.75. The van der Waals surface area contributed by atoms with Crippen LogP contribution in [0, 0.1) is 5.92 Å². The molecule has 2 aliphatic heterocycles. The van der Waals surface area contributed by atoms with Gasteiger partial charge in [-0.2, -0.15) is 0 Å². The Morgan fingerprint density at radius 3 is 2.82 bits per heavy atom. The summed E-state index contributed by atoms with van der Waals surface area (Å²) >= 11 is 0. The lowest BCUT2D eigenvalue weighted by Gasteiger charge is -2.22. The Morgan fingerprint density at radius 1 is 1.18 bits per heavy atom. The molecule has 1 N–H and O–H groups in total. The van der Waals surface area contributed by atoms with Gasteiger partial charge in [0.05, 0.1) is 13.0 Å². The van der Waals surface area contributed by atoms with Gasteiger partial charge in [0.25, 0.3) is 0 Å². The van der Waals surface area contributed by atoms with Gasteiger partial charge in [0, 0.05) is 31.3 Å². The molecule has 1 saturated heterocycles. The maximum Gasteiger partial charge on any atom is 0.227 e. The van der Waals surface area contributed by atoms with Gasteiger partial charge in [0.2, 0.25) is 11.8 Å². The Balaban J connectivity index is 1.39. The zero-order valence-electron chi connectivity index (χ0n) is 15.6. The molecule has 1 fully saturated rings. The maximum atomic E-state index is 12.6. The van der Waals surface area contributed by atoms with E-state index in [4.69, 9.17) is 14.2 Å². The zero-order valence-corrected chi connectivity index (χ0v) is 15.6. The van der Waals surface area contributed by atoms with Crippen molar-refractivity contribution in [2.45, 2.75) is 13.0 Å². The van der Waals surface area contributed by atoms with Crippen molar-refractivity contribution >= 4 is 17.5 Å². The maximum absolute atomic E-state index is 12.6. The average molecular weight is 382 g/mol. The van der Waals surface area contributed by atoms with Gasteiger partial charge in [-0.3, -0.25) is 9.59 Å². The average Bonchev–Trinajstić information content (AvgIpc) is 3.13. The van der Waals surface area contributed by atoms with Gasteiger partial charge in [-0.15, -0.1) is 0 Å². The van der Waals surface area contributed by atoms with E-state index in [2.05, 4.69) is 5.32 Å². The molecule has 0 aliphatic carbocycles. The highest BCUT2D eigenvalue weighted by Crippen LogP contribution is 2.36. The molecule has 2 aliphatic rings. The molecular formula is C21H22N2O5. The highest BCUT2D eigenvalue weighted by Gasteiger charge is 2.35. The molecule has 0 unspecified atom stereocenters. The molecule has 0 saturated carbocycles. The van der Waals surface area contributed by atoms with Crippen LogP contribution >= 0.6 is 0 Å². The molecule has 2 aromatic rings. The van der Waals surface area contributed by atoms with E-state index in [1.807, 2.05) is 30.3 Å². The number of hydrogen-bond donors (Lipinski definition) is 1. The van der Waals surface area contributed by atoms with Crippen molar-refractivity contribution in [3.8, 4) is 17.2 Å². The third-order valence-corrected chi connectivity index (χ3v) is 4.93. The predicted octanol–water partition coefficient (Wildman–Crippen LogP) is 2.14. The number of fused-ring (bicyclic) bond motifs is 1. The van der Waals surface area contributed by atoms with Crippen LogP contribution < -0.4 is 24.4 Å². The van der Waals surface area contributed by atoms with E-state index in [1.165, 1.54) is 0 Å². The lowest BCUT2D eigenvalue weighted by atomic mass is 10.1.